The third-order valence-corrected chi connectivity index (χ3v) is 6.97. The highest BCUT2D eigenvalue weighted by Crippen LogP contribution is 2.42. The van der Waals surface area contributed by atoms with Gasteiger partial charge in [-0.25, -0.2) is 0 Å². The summed E-state index contributed by atoms with van der Waals surface area (Å²) in [4.78, 5) is 56.1. The van der Waals surface area contributed by atoms with Crippen molar-refractivity contribution in [3.8, 4) is 5.75 Å². The van der Waals surface area contributed by atoms with Crippen LogP contribution in [0.4, 0.5) is 0 Å². The van der Waals surface area contributed by atoms with Crippen LogP contribution in [0.25, 0.3) is 0 Å². The van der Waals surface area contributed by atoms with E-state index >= 15 is 0 Å². The van der Waals surface area contributed by atoms with Gasteiger partial charge in [0.15, 0.2) is 0 Å². The van der Waals surface area contributed by atoms with E-state index in [2.05, 4.69) is 0 Å². The number of imide groups is 1. The Morgan fingerprint density at radius 1 is 0.971 bits per heavy atom. The summed E-state index contributed by atoms with van der Waals surface area (Å²) in [5, 5.41) is 0.349. The first-order chi connectivity index (χ1) is 16.3. The van der Waals surface area contributed by atoms with E-state index in [0.29, 0.717) is 48.1 Å². The lowest BCUT2D eigenvalue weighted by Gasteiger charge is -2.37. The SMILES string of the molecule is COc1ccc(C(=O)N2CCN(C(=O)C[C@]3(c4ccccc4Cl)CC(=O)N(C)C3=O)CC2)cc1. The molecule has 178 valence electrons. The van der Waals surface area contributed by atoms with Crippen LogP contribution in [0, 0.1) is 0 Å². The summed E-state index contributed by atoms with van der Waals surface area (Å²) < 4.78 is 5.13. The molecule has 9 heteroatoms. The molecule has 0 N–H and O–H groups in total. The van der Waals surface area contributed by atoms with Crippen molar-refractivity contribution >= 4 is 35.2 Å². The molecule has 8 nitrogen and oxygen atoms in total. The largest absolute Gasteiger partial charge is 0.497 e. The van der Waals surface area contributed by atoms with Crippen molar-refractivity contribution in [2.75, 3.05) is 40.3 Å². The smallest absolute Gasteiger partial charge is 0.253 e. The second-order valence-corrected chi connectivity index (χ2v) is 8.98. The second kappa shape index (κ2) is 9.46. The fraction of sp³-hybridized carbons (Fsp3) is 0.360. The normalized spacial score (nSPS) is 20.6. The highest BCUT2D eigenvalue weighted by molar-refractivity contribution is 6.32. The van der Waals surface area contributed by atoms with Gasteiger partial charge in [-0.1, -0.05) is 29.8 Å². The van der Waals surface area contributed by atoms with Gasteiger partial charge in [-0.3, -0.25) is 24.1 Å². The van der Waals surface area contributed by atoms with Crippen LogP contribution in [0.3, 0.4) is 0 Å². The van der Waals surface area contributed by atoms with E-state index in [9.17, 15) is 19.2 Å². The molecular weight excluding hydrogens is 458 g/mol. The fourth-order valence-corrected chi connectivity index (χ4v) is 4.94. The van der Waals surface area contributed by atoms with E-state index in [0.717, 1.165) is 4.90 Å². The number of hydrogen-bond donors (Lipinski definition) is 0. The summed E-state index contributed by atoms with van der Waals surface area (Å²) in [6.45, 7) is 1.44. The number of piperazine rings is 1. The molecule has 2 aromatic rings. The molecule has 0 bridgehead atoms. The monoisotopic (exact) mass is 483 g/mol. The Morgan fingerprint density at radius 2 is 1.59 bits per heavy atom. The quantitative estimate of drug-likeness (QED) is 0.609. The first-order valence-corrected chi connectivity index (χ1v) is 11.4. The van der Waals surface area contributed by atoms with Gasteiger partial charge in [-0.15, -0.1) is 0 Å². The van der Waals surface area contributed by atoms with Gasteiger partial charge in [-0.2, -0.15) is 0 Å². The van der Waals surface area contributed by atoms with Gasteiger partial charge >= 0.3 is 0 Å². The zero-order valence-electron chi connectivity index (χ0n) is 19.1. The highest BCUT2D eigenvalue weighted by Gasteiger charge is 2.53. The number of halogens is 1. The minimum atomic E-state index is -1.32. The maximum atomic E-state index is 13.3. The summed E-state index contributed by atoms with van der Waals surface area (Å²) in [5.74, 6) is -0.446. The van der Waals surface area contributed by atoms with Crippen LogP contribution in [-0.2, 0) is 19.8 Å². The Labute approximate surface area is 203 Å². The molecule has 2 aliphatic heterocycles. The van der Waals surface area contributed by atoms with Crippen molar-refractivity contribution < 1.29 is 23.9 Å². The van der Waals surface area contributed by atoms with Gasteiger partial charge < -0.3 is 14.5 Å². The zero-order valence-corrected chi connectivity index (χ0v) is 19.9. The molecule has 0 aliphatic carbocycles. The molecular formula is C25H26ClN3O5. The minimum absolute atomic E-state index is 0.103. The Bertz CT molecular complexity index is 1130. The molecule has 0 radical (unpaired) electrons. The van der Waals surface area contributed by atoms with Crippen molar-refractivity contribution in [2.24, 2.45) is 0 Å². The van der Waals surface area contributed by atoms with Crippen LogP contribution in [-0.4, -0.2) is 78.7 Å². The molecule has 4 rings (SSSR count). The van der Waals surface area contributed by atoms with Crippen LogP contribution >= 0.6 is 11.6 Å². The third kappa shape index (κ3) is 4.25. The molecule has 2 fully saturated rings. The topological polar surface area (TPSA) is 87.2 Å². The van der Waals surface area contributed by atoms with E-state index in [4.69, 9.17) is 16.3 Å². The average Bonchev–Trinajstić information content (AvgIpc) is 3.07. The third-order valence-electron chi connectivity index (χ3n) is 6.64. The number of rotatable bonds is 5. The molecule has 2 heterocycles. The van der Waals surface area contributed by atoms with Gasteiger partial charge in [0.05, 0.1) is 12.5 Å². The molecule has 0 aromatic heterocycles. The molecule has 34 heavy (non-hydrogen) atoms. The van der Waals surface area contributed by atoms with Crippen molar-refractivity contribution in [1.82, 2.24) is 14.7 Å². The van der Waals surface area contributed by atoms with E-state index < -0.39 is 11.3 Å². The van der Waals surface area contributed by atoms with Gasteiger partial charge in [-0.05, 0) is 35.9 Å². The molecule has 0 spiro atoms. The number of likely N-dealkylation sites (N-methyl/N-ethyl adjacent to an activating group) is 1. The van der Waals surface area contributed by atoms with Crippen LogP contribution in [0.1, 0.15) is 28.8 Å². The minimum Gasteiger partial charge on any atom is -0.497 e. The number of amides is 4. The average molecular weight is 484 g/mol. The Morgan fingerprint density at radius 3 is 2.15 bits per heavy atom. The number of nitrogens with zero attached hydrogens (tertiary/aromatic N) is 3. The van der Waals surface area contributed by atoms with Gasteiger partial charge in [0.2, 0.25) is 17.7 Å². The predicted molar refractivity (Wildman–Crippen MR) is 126 cm³/mol. The van der Waals surface area contributed by atoms with Gasteiger partial charge in [0.1, 0.15) is 5.75 Å². The molecule has 2 aromatic carbocycles. The Balaban J connectivity index is 1.47. The first-order valence-electron chi connectivity index (χ1n) is 11.0. The summed E-state index contributed by atoms with van der Waals surface area (Å²) in [6.07, 6.45) is -0.258. The molecule has 0 unspecified atom stereocenters. The van der Waals surface area contributed by atoms with Crippen molar-refractivity contribution in [2.45, 2.75) is 18.3 Å². The van der Waals surface area contributed by atoms with Crippen molar-refractivity contribution in [1.29, 1.82) is 0 Å². The number of methoxy groups -OCH3 is 1. The van der Waals surface area contributed by atoms with E-state index in [1.807, 2.05) is 0 Å². The van der Waals surface area contributed by atoms with E-state index in [-0.39, 0.29) is 30.6 Å². The highest BCUT2D eigenvalue weighted by atomic mass is 35.5. The summed E-state index contributed by atoms with van der Waals surface area (Å²) in [6, 6.07) is 13.7. The standard InChI is InChI=1S/C25H26ClN3O5/c1-27-21(30)15-25(24(27)33,19-5-3-4-6-20(19)26)16-22(31)28-11-13-29(14-12-28)23(32)17-7-9-18(34-2)10-8-17/h3-10H,11-16H2,1-2H3/t25-/m0/s1. The first kappa shape index (κ1) is 23.8. The van der Waals surface area contributed by atoms with Crippen LogP contribution in [0.2, 0.25) is 5.02 Å². The maximum absolute atomic E-state index is 13.3. The second-order valence-electron chi connectivity index (χ2n) is 8.57. The van der Waals surface area contributed by atoms with Crippen LogP contribution in [0.15, 0.2) is 48.5 Å². The summed E-state index contributed by atoms with van der Waals surface area (Å²) in [7, 11) is 2.99. The van der Waals surface area contributed by atoms with E-state index in [1.165, 1.54) is 7.05 Å². The maximum Gasteiger partial charge on any atom is 0.253 e. The zero-order chi connectivity index (χ0) is 24.5. The Kier molecular flexibility index (Phi) is 6.61. The molecule has 2 aliphatic rings. The number of carbonyl (C=O) groups is 4. The number of carbonyl (C=O) groups excluding carboxylic acids is 4. The van der Waals surface area contributed by atoms with E-state index in [1.54, 1.807) is 65.4 Å². The van der Waals surface area contributed by atoms with Crippen molar-refractivity contribution in [3.63, 3.8) is 0 Å². The molecule has 1 atom stereocenters. The van der Waals surface area contributed by atoms with Gasteiger partial charge in [0.25, 0.3) is 5.91 Å². The van der Waals surface area contributed by atoms with Crippen LogP contribution < -0.4 is 4.74 Å². The lowest BCUT2D eigenvalue weighted by atomic mass is 9.75. The number of ether oxygens (including phenoxy) is 1. The Hall–Kier alpha value is -3.39. The fourth-order valence-electron chi connectivity index (χ4n) is 4.62. The lowest BCUT2D eigenvalue weighted by Crippen LogP contribution is -2.52. The number of likely N-dealkylation sites (tertiary alicyclic amines) is 1. The summed E-state index contributed by atoms with van der Waals surface area (Å²) >= 11 is 6.40. The molecule has 0 saturated carbocycles. The van der Waals surface area contributed by atoms with Crippen molar-refractivity contribution in [3.05, 3.63) is 64.7 Å². The summed E-state index contributed by atoms with van der Waals surface area (Å²) in [5.41, 5.74) is -0.283. The number of benzene rings is 2. The predicted octanol–water partition coefficient (Wildman–Crippen LogP) is 2.35. The number of hydrogen-bond acceptors (Lipinski definition) is 5. The lowest BCUT2D eigenvalue weighted by molar-refractivity contribution is -0.142. The van der Waals surface area contributed by atoms with Gasteiger partial charge in [0, 0.05) is 56.7 Å². The molecule has 2 saturated heterocycles. The van der Waals surface area contributed by atoms with Crippen LogP contribution in [0.5, 0.6) is 5.75 Å². The molecule has 4 amide bonds.